The van der Waals surface area contributed by atoms with Gasteiger partial charge >= 0.3 is 5.97 Å². The second-order valence-corrected chi connectivity index (χ2v) is 7.54. The fourth-order valence-corrected chi connectivity index (χ4v) is 5.40. The van der Waals surface area contributed by atoms with Gasteiger partial charge in [-0.05, 0) is 31.7 Å². The largest absolute Gasteiger partial charge is 0.469 e. The lowest BCUT2D eigenvalue weighted by molar-refractivity contribution is -0.145. The van der Waals surface area contributed by atoms with Crippen molar-refractivity contribution in [1.82, 2.24) is 4.31 Å². The van der Waals surface area contributed by atoms with Crippen LogP contribution in [0.25, 0.3) is 0 Å². The van der Waals surface area contributed by atoms with Crippen LogP contribution in [0.15, 0.2) is 0 Å². The summed E-state index contributed by atoms with van der Waals surface area (Å²) < 4.78 is 31.4. The molecular formula is C12H22N2O4S. The normalized spacial score (nSPS) is 32.6. The van der Waals surface area contributed by atoms with E-state index in [1.807, 2.05) is 0 Å². The van der Waals surface area contributed by atoms with Gasteiger partial charge in [0.05, 0.1) is 18.3 Å². The molecule has 0 spiro atoms. The van der Waals surface area contributed by atoms with Crippen LogP contribution >= 0.6 is 0 Å². The molecule has 0 bridgehead atoms. The monoisotopic (exact) mass is 290 g/mol. The molecule has 0 radical (unpaired) electrons. The summed E-state index contributed by atoms with van der Waals surface area (Å²) in [5.74, 6) is -0.666. The van der Waals surface area contributed by atoms with Gasteiger partial charge in [0.1, 0.15) is 0 Å². The summed E-state index contributed by atoms with van der Waals surface area (Å²) in [6.45, 7) is 1.52. The van der Waals surface area contributed by atoms with Gasteiger partial charge in [0, 0.05) is 13.1 Å². The summed E-state index contributed by atoms with van der Waals surface area (Å²) >= 11 is 0. The number of carbonyl (C=O) groups is 1. The zero-order chi connectivity index (χ0) is 14.0. The highest BCUT2D eigenvalue weighted by Crippen LogP contribution is 2.35. The van der Waals surface area contributed by atoms with Gasteiger partial charge in [-0.25, -0.2) is 12.7 Å². The van der Waals surface area contributed by atoms with Crippen LogP contribution in [0.2, 0.25) is 0 Å². The summed E-state index contributed by atoms with van der Waals surface area (Å²) in [6, 6.07) is 0. The number of sulfonamides is 1. The lowest BCUT2D eigenvalue weighted by atomic mass is 10.1. The van der Waals surface area contributed by atoms with E-state index in [1.165, 1.54) is 11.4 Å². The van der Waals surface area contributed by atoms with Gasteiger partial charge in [-0.1, -0.05) is 6.42 Å². The quantitative estimate of drug-likeness (QED) is 0.733. The zero-order valence-electron chi connectivity index (χ0n) is 11.2. The minimum atomic E-state index is -3.41. The molecule has 1 heterocycles. The molecule has 7 heteroatoms. The van der Waals surface area contributed by atoms with Crippen molar-refractivity contribution < 1.29 is 17.9 Å². The molecule has 19 heavy (non-hydrogen) atoms. The Bertz CT molecular complexity index is 437. The lowest BCUT2D eigenvalue weighted by Crippen LogP contribution is -2.41. The topological polar surface area (TPSA) is 89.7 Å². The Morgan fingerprint density at radius 1 is 1.37 bits per heavy atom. The third-order valence-corrected chi connectivity index (χ3v) is 6.66. The molecule has 1 saturated carbocycles. The van der Waals surface area contributed by atoms with Crippen LogP contribution < -0.4 is 5.73 Å². The fourth-order valence-electron chi connectivity index (χ4n) is 3.12. The average Bonchev–Trinajstić information content (AvgIpc) is 3.06. The van der Waals surface area contributed by atoms with Crippen LogP contribution in [0.4, 0.5) is 0 Å². The molecule has 110 valence electrons. The molecule has 1 aliphatic carbocycles. The fraction of sp³-hybridized carbons (Fsp3) is 0.917. The Balaban J connectivity index is 2.13. The highest BCUT2D eigenvalue weighted by Gasteiger charge is 2.46. The van der Waals surface area contributed by atoms with Crippen LogP contribution in [-0.2, 0) is 19.6 Å². The molecule has 1 saturated heterocycles. The summed E-state index contributed by atoms with van der Waals surface area (Å²) in [4.78, 5) is 11.7. The van der Waals surface area contributed by atoms with E-state index >= 15 is 0 Å². The predicted octanol–water partition coefficient (Wildman–Crippen LogP) is -0.0615. The standard InChI is InChI=1S/C12H22N2O4S/c1-18-12(15)10-3-2-4-11(10)19(16,17)14-6-5-9(7-13)8-14/h9-11H,2-8,13H2,1H3. The molecule has 3 atom stereocenters. The van der Waals surface area contributed by atoms with Crippen molar-refractivity contribution in [1.29, 1.82) is 0 Å². The highest BCUT2D eigenvalue weighted by molar-refractivity contribution is 7.89. The second kappa shape index (κ2) is 5.76. The van der Waals surface area contributed by atoms with Gasteiger partial charge in [0.15, 0.2) is 0 Å². The van der Waals surface area contributed by atoms with Crippen molar-refractivity contribution in [2.75, 3.05) is 26.7 Å². The van der Waals surface area contributed by atoms with Crippen molar-refractivity contribution in [2.45, 2.75) is 30.9 Å². The van der Waals surface area contributed by atoms with Gasteiger partial charge in [-0.2, -0.15) is 0 Å². The van der Waals surface area contributed by atoms with Crippen LogP contribution in [-0.4, -0.2) is 50.7 Å². The van der Waals surface area contributed by atoms with Gasteiger partial charge in [-0.15, -0.1) is 0 Å². The van der Waals surface area contributed by atoms with Crippen LogP contribution in [0.5, 0.6) is 0 Å². The number of methoxy groups -OCH3 is 1. The Morgan fingerprint density at radius 3 is 2.68 bits per heavy atom. The molecule has 6 nitrogen and oxygen atoms in total. The summed E-state index contributed by atoms with van der Waals surface area (Å²) in [5, 5.41) is -0.614. The molecule has 2 fully saturated rings. The summed E-state index contributed by atoms with van der Waals surface area (Å²) in [6.07, 6.45) is 2.72. The van der Waals surface area contributed by atoms with E-state index in [0.717, 1.165) is 12.8 Å². The van der Waals surface area contributed by atoms with Gasteiger partial charge < -0.3 is 10.5 Å². The smallest absolute Gasteiger partial charge is 0.310 e. The molecule has 2 aliphatic rings. The minimum Gasteiger partial charge on any atom is -0.469 e. The van der Waals surface area contributed by atoms with E-state index in [4.69, 9.17) is 10.5 Å². The number of esters is 1. The first kappa shape index (κ1) is 14.7. The summed E-state index contributed by atoms with van der Waals surface area (Å²) in [5.41, 5.74) is 5.59. The van der Waals surface area contributed by atoms with Crippen molar-refractivity contribution in [3.63, 3.8) is 0 Å². The van der Waals surface area contributed by atoms with E-state index in [2.05, 4.69) is 0 Å². The van der Waals surface area contributed by atoms with E-state index in [1.54, 1.807) is 0 Å². The third kappa shape index (κ3) is 2.78. The molecule has 0 aromatic rings. The molecule has 1 aliphatic heterocycles. The number of hydrogen-bond donors (Lipinski definition) is 1. The SMILES string of the molecule is COC(=O)C1CCCC1S(=O)(=O)N1CCC(CN)C1. The summed E-state index contributed by atoms with van der Waals surface area (Å²) in [7, 11) is -2.10. The number of ether oxygens (including phenoxy) is 1. The average molecular weight is 290 g/mol. The van der Waals surface area contributed by atoms with Crippen LogP contribution in [0, 0.1) is 11.8 Å². The zero-order valence-corrected chi connectivity index (χ0v) is 12.1. The molecule has 0 amide bonds. The maximum atomic E-state index is 12.6. The number of nitrogens with two attached hydrogens (primary N) is 1. The molecule has 2 rings (SSSR count). The van der Waals surface area contributed by atoms with Crippen LogP contribution in [0.3, 0.4) is 0 Å². The van der Waals surface area contributed by atoms with Crippen molar-refractivity contribution >= 4 is 16.0 Å². The first-order chi connectivity index (χ1) is 9.00. The molecular weight excluding hydrogens is 268 g/mol. The van der Waals surface area contributed by atoms with Gasteiger partial charge in [0.25, 0.3) is 0 Å². The highest BCUT2D eigenvalue weighted by atomic mass is 32.2. The third-order valence-electron chi connectivity index (χ3n) is 4.28. The number of carbonyl (C=O) groups excluding carboxylic acids is 1. The van der Waals surface area contributed by atoms with Crippen molar-refractivity contribution in [3.05, 3.63) is 0 Å². The van der Waals surface area contributed by atoms with Crippen molar-refractivity contribution in [3.8, 4) is 0 Å². The Morgan fingerprint density at radius 2 is 2.11 bits per heavy atom. The first-order valence-corrected chi connectivity index (χ1v) is 8.28. The Kier molecular flexibility index (Phi) is 4.47. The minimum absolute atomic E-state index is 0.243. The van der Waals surface area contributed by atoms with Crippen molar-refractivity contribution in [2.24, 2.45) is 17.6 Å². The Labute approximate surface area is 114 Å². The van der Waals surface area contributed by atoms with Gasteiger partial charge in [0.2, 0.25) is 10.0 Å². The molecule has 3 unspecified atom stereocenters. The lowest BCUT2D eigenvalue weighted by Gasteiger charge is -2.24. The van der Waals surface area contributed by atoms with E-state index in [-0.39, 0.29) is 5.92 Å². The molecule has 2 N–H and O–H groups in total. The first-order valence-electron chi connectivity index (χ1n) is 6.77. The maximum Gasteiger partial charge on any atom is 0.310 e. The Hall–Kier alpha value is -0.660. The van der Waals surface area contributed by atoms with E-state index in [9.17, 15) is 13.2 Å². The van der Waals surface area contributed by atoms with E-state index < -0.39 is 27.2 Å². The number of hydrogen-bond acceptors (Lipinski definition) is 5. The maximum absolute atomic E-state index is 12.6. The van der Waals surface area contributed by atoms with Crippen LogP contribution in [0.1, 0.15) is 25.7 Å². The molecule has 0 aromatic carbocycles. The molecule has 0 aromatic heterocycles. The van der Waals surface area contributed by atoms with Gasteiger partial charge in [-0.3, -0.25) is 4.79 Å². The second-order valence-electron chi connectivity index (χ2n) is 5.39. The van der Waals surface area contributed by atoms with E-state index in [0.29, 0.717) is 32.5 Å². The number of nitrogens with zero attached hydrogens (tertiary/aromatic N) is 1. The predicted molar refractivity (Wildman–Crippen MR) is 70.8 cm³/mol. The number of rotatable bonds is 4.